The minimum Gasteiger partial charge on any atom is -0.487 e. The van der Waals surface area contributed by atoms with E-state index in [2.05, 4.69) is 11.9 Å². The first kappa shape index (κ1) is 12.4. The van der Waals surface area contributed by atoms with Crippen LogP contribution in [0.25, 0.3) is 5.57 Å². The summed E-state index contributed by atoms with van der Waals surface area (Å²) in [5.41, 5.74) is 9.02. The van der Waals surface area contributed by atoms with Crippen molar-refractivity contribution in [1.82, 2.24) is 4.98 Å². The largest absolute Gasteiger partial charge is 0.487 e. The Kier molecular flexibility index (Phi) is 3.46. The van der Waals surface area contributed by atoms with E-state index in [1.807, 2.05) is 12.1 Å². The maximum Gasteiger partial charge on any atom is 0.244 e. The number of carbonyl (C=O) groups excluding carboxylic acids is 1. The number of nitrogens with zero attached hydrogens (tertiary/aromatic N) is 1. The standard InChI is InChI=1S/C14H16N2O2/c1-3-11-10(6-9(2)14(15)17)8-18-13-7-16-5-4-12(11)13/h4-7H,3,8H2,1-2H3,(H2,15,17)/b9-6+. The maximum absolute atomic E-state index is 11.1. The smallest absolute Gasteiger partial charge is 0.244 e. The summed E-state index contributed by atoms with van der Waals surface area (Å²) in [5, 5.41) is 0. The summed E-state index contributed by atoms with van der Waals surface area (Å²) >= 11 is 0. The summed E-state index contributed by atoms with van der Waals surface area (Å²) in [6.07, 6.45) is 6.14. The Balaban J connectivity index is 2.50. The summed E-state index contributed by atoms with van der Waals surface area (Å²) in [7, 11) is 0. The highest BCUT2D eigenvalue weighted by Gasteiger charge is 2.18. The molecule has 2 N–H and O–H groups in total. The zero-order valence-electron chi connectivity index (χ0n) is 10.6. The number of nitrogens with two attached hydrogens (primary N) is 1. The second kappa shape index (κ2) is 5.04. The number of hydrogen-bond donors (Lipinski definition) is 1. The van der Waals surface area contributed by atoms with Crippen LogP contribution in [0.3, 0.4) is 0 Å². The van der Waals surface area contributed by atoms with E-state index in [4.69, 9.17) is 10.5 Å². The molecule has 0 fully saturated rings. The van der Waals surface area contributed by atoms with Crippen LogP contribution in [0, 0.1) is 0 Å². The number of amides is 1. The number of carbonyl (C=O) groups is 1. The van der Waals surface area contributed by atoms with Gasteiger partial charge >= 0.3 is 0 Å². The molecule has 1 aliphatic heterocycles. The fourth-order valence-electron chi connectivity index (χ4n) is 2.04. The lowest BCUT2D eigenvalue weighted by Crippen LogP contribution is -2.15. The Morgan fingerprint density at radius 1 is 1.61 bits per heavy atom. The van der Waals surface area contributed by atoms with E-state index < -0.39 is 5.91 Å². The highest BCUT2D eigenvalue weighted by molar-refractivity contribution is 5.92. The van der Waals surface area contributed by atoms with Gasteiger partial charge in [0.2, 0.25) is 5.91 Å². The van der Waals surface area contributed by atoms with Gasteiger partial charge in [0.25, 0.3) is 0 Å². The predicted molar refractivity (Wildman–Crippen MR) is 69.9 cm³/mol. The first-order valence-corrected chi connectivity index (χ1v) is 5.90. The summed E-state index contributed by atoms with van der Waals surface area (Å²) in [6, 6.07) is 1.93. The fourth-order valence-corrected chi connectivity index (χ4v) is 2.04. The summed E-state index contributed by atoms with van der Waals surface area (Å²) in [5.74, 6) is 0.390. The Morgan fingerprint density at radius 3 is 3.06 bits per heavy atom. The minimum absolute atomic E-state index is 0.404. The number of allylic oxidation sites excluding steroid dienone is 1. The predicted octanol–water partition coefficient (Wildman–Crippen LogP) is 2.07. The fraction of sp³-hybridized carbons (Fsp3) is 0.286. The minimum atomic E-state index is -0.404. The van der Waals surface area contributed by atoms with Gasteiger partial charge in [-0.2, -0.15) is 0 Å². The van der Waals surface area contributed by atoms with Crippen molar-refractivity contribution in [3.05, 3.63) is 41.2 Å². The van der Waals surface area contributed by atoms with Crippen LogP contribution in [-0.4, -0.2) is 17.5 Å². The highest BCUT2D eigenvalue weighted by atomic mass is 16.5. The summed E-state index contributed by atoms with van der Waals surface area (Å²) in [6.45, 7) is 4.25. The Morgan fingerprint density at radius 2 is 2.39 bits per heavy atom. The van der Waals surface area contributed by atoms with Crippen LogP contribution < -0.4 is 10.5 Å². The number of rotatable bonds is 3. The van der Waals surface area contributed by atoms with E-state index in [9.17, 15) is 4.79 Å². The Bertz CT molecular complexity index is 544. The number of pyridine rings is 1. The number of aromatic nitrogens is 1. The molecule has 0 saturated carbocycles. The molecule has 2 rings (SSSR count). The molecule has 18 heavy (non-hydrogen) atoms. The molecule has 0 aliphatic carbocycles. The van der Waals surface area contributed by atoms with Gasteiger partial charge < -0.3 is 10.5 Å². The van der Waals surface area contributed by atoms with E-state index in [-0.39, 0.29) is 0 Å². The molecule has 2 heterocycles. The molecule has 1 aromatic rings. The van der Waals surface area contributed by atoms with Crippen molar-refractivity contribution in [2.75, 3.05) is 6.61 Å². The number of primary amides is 1. The van der Waals surface area contributed by atoms with Crippen molar-refractivity contribution in [3.63, 3.8) is 0 Å². The van der Waals surface area contributed by atoms with Gasteiger partial charge in [-0.05, 0) is 36.6 Å². The molecule has 0 unspecified atom stereocenters. The zero-order chi connectivity index (χ0) is 13.1. The third-order valence-electron chi connectivity index (χ3n) is 3.01. The van der Waals surface area contributed by atoms with E-state index in [0.717, 1.165) is 23.3 Å². The van der Waals surface area contributed by atoms with Crippen molar-refractivity contribution in [3.8, 4) is 5.75 Å². The first-order chi connectivity index (χ1) is 8.63. The van der Waals surface area contributed by atoms with Crippen LogP contribution in [0.1, 0.15) is 25.8 Å². The molecule has 4 heteroatoms. The molecule has 1 aliphatic rings. The van der Waals surface area contributed by atoms with Gasteiger partial charge in [-0.1, -0.05) is 6.92 Å². The quantitative estimate of drug-likeness (QED) is 0.828. The van der Waals surface area contributed by atoms with Crippen molar-refractivity contribution < 1.29 is 9.53 Å². The topological polar surface area (TPSA) is 65.2 Å². The molecule has 0 bridgehead atoms. The molecule has 1 amide bonds. The van der Waals surface area contributed by atoms with Gasteiger partial charge in [-0.25, -0.2) is 0 Å². The van der Waals surface area contributed by atoms with Crippen LogP contribution in [-0.2, 0) is 4.79 Å². The SMILES string of the molecule is CCC1=C(/C=C(\C)C(N)=O)COc2cnccc21. The van der Waals surface area contributed by atoms with Gasteiger partial charge in [0, 0.05) is 17.3 Å². The lowest BCUT2D eigenvalue weighted by Gasteiger charge is -2.21. The van der Waals surface area contributed by atoms with E-state index in [0.29, 0.717) is 12.2 Å². The molecular weight excluding hydrogens is 228 g/mol. The van der Waals surface area contributed by atoms with Gasteiger partial charge in [0.15, 0.2) is 0 Å². The van der Waals surface area contributed by atoms with Gasteiger partial charge in [-0.15, -0.1) is 0 Å². The van der Waals surface area contributed by atoms with Crippen molar-refractivity contribution >= 4 is 11.5 Å². The summed E-state index contributed by atoms with van der Waals surface area (Å²) < 4.78 is 5.63. The normalized spacial score (nSPS) is 15.1. The van der Waals surface area contributed by atoms with Crippen molar-refractivity contribution in [2.24, 2.45) is 5.73 Å². The van der Waals surface area contributed by atoms with Crippen molar-refractivity contribution in [1.29, 1.82) is 0 Å². The molecule has 0 radical (unpaired) electrons. The Hall–Kier alpha value is -2.10. The molecule has 0 atom stereocenters. The summed E-state index contributed by atoms with van der Waals surface area (Å²) in [4.78, 5) is 15.1. The lowest BCUT2D eigenvalue weighted by molar-refractivity contribution is -0.114. The number of fused-ring (bicyclic) bond motifs is 1. The van der Waals surface area contributed by atoms with E-state index in [1.165, 1.54) is 5.57 Å². The average molecular weight is 244 g/mol. The third-order valence-corrected chi connectivity index (χ3v) is 3.01. The van der Waals surface area contributed by atoms with Crippen LogP contribution >= 0.6 is 0 Å². The second-order valence-electron chi connectivity index (χ2n) is 4.21. The average Bonchev–Trinajstić information content (AvgIpc) is 2.38. The number of hydrogen-bond acceptors (Lipinski definition) is 3. The molecule has 0 saturated heterocycles. The Labute approximate surface area is 106 Å². The van der Waals surface area contributed by atoms with Crippen LogP contribution in [0.15, 0.2) is 35.7 Å². The second-order valence-corrected chi connectivity index (χ2v) is 4.21. The van der Waals surface area contributed by atoms with Crippen LogP contribution in [0.2, 0.25) is 0 Å². The zero-order valence-corrected chi connectivity index (χ0v) is 10.6. The third kappa shape index (κ3) is 2.27. The monoisotopic (exact) mass is 244 g/mol. The molecule has 4 nitrogen and oxygen atoms in total. The maximum atomic E-state index is 11.1. The van der Waals surface area contributed by atoms with Crippen LogP contribution in [0.4, 0.5) is 0 Å². The molecule has 1 aromatic heterocycles. The number of ether oxygens (including phenoxy) is 1. The van der Waals surface area contributed by atoms with Gasteiger partial charge in [-0.3, -0.25) is 9.78 Å². The van der Waals surface area contributed by atoms with Gasteiger partial charge in [0.05, 0.1) is 6.20 Å². The van der Waals surface area contributed by atoms with E-state index >= 15 is 0 Å². The highest BCUT2D eigenvalue weighted by Crippen LogP contribution is 2.34. The van der Waals surface area contributed by atoms with Gasteiger partial charge in [0.1, 0.15) is 12.4 Å². The van der Waals surface area contributed by atoms with E-state index in [1.54, 1.807) is 19.3 Å². The lowest BCUT2D eigenvalue weighted by atomic mass is 9.95. The molecule has 0 spiro atoms. The molecular formula is C14H16N2O2. The van der Waals surface area contributed by atoms with Crippen molar-refractivity contribution in [2.45, 2.75) is 20.3 Å². The van der Waals surface area contributed by atoms with Crippen LogP contribution in [0.5, 0.6) is 5.75 Å². The first-order valence-electron chi connectivity index (χ1n) is 5.90. The molecule has 0 aromatic carbocycles. The molecule has 94 valence electrons.